The minimum Gasteiger partial charge on any atom is -0.326 e. The molecule has 0 heterocycles. The van der Waals surface area contributed by atoms with Crippen molar-refractivity contribution in [1.29, 1.82) is 0 Å². The maximum absolute atomic E-state index is 11.6. The van der Waals surface area contributed by atoms with Gasteiger partial charge in [0.15, 0.2) is 0 Å². The third-order valence-corrected chi connectivity index (χ3v) is 4.75. The van der Waals surface area contributed by atoms with E-state index in [0.717, 1.165) is 24.1 Å². The number of benzene rings is 1. The summed E-state index contributed by atoms with van der Waals surface area (Å²) < 4.78 is 25.4. The van der Waals surface area contributed by atoms with Gasteiger partial charge in [0, 0.05) is 24.0 Å². The summed E-state index contributed by atoms with van der Waals surface area (Å²) in [6.07, 6.45) is 1.93. The van der Waals surface area contributed by atoms with E-state index in [9.17, 15) is 13.2 Å². The zero-order chi connectivity index (χ0) is 14.6. The number of anilines is 1. The van der Waals surface area contributed by atoms with E-state index in [1.54, 1.807) is 24.3 Å². The Morgan fingerprint density at radius 3 is 2.45 bits per heavy atom. The van der Waals surface area contributed by atoms with Crippen molar-refractivity contribution in [3.05, 3.63) is 29.8 Å². The van der Waals surface area contributed by atoms with Gasteiger partial charge in [-0.2, -0.15) is 0 Å². The SMILES string of the molecule is O=C(Nc1ccc(CNS(=O)(=O)CCCl)cc1)C1CC1. The van der Waals surface area contributed by atoms with E-state index < -0.39 is 10.0 Å². The van der Waals surface area contributed by atoms with Crippen molar-refractivity contribution in [3.63, 3.8) is 0 Å². The Morgan fingerprint density at radius 1 is 1.25 bits per heavy atom. The largest absolute Gasteiger partial charge is 0.326 e. The van der Waals surface area contributed by atoms with Crippen molar-refractivity contribution < 1.29 is 13.2 Å². The number of carbonyl (C=O) groups excluding carboxylic acids is 1. The Balaban J connectivity index is 1.86. The quantitative estimate of drug-likeness (QED) is 0.752. The van der Waals surface area contributed by atoms with Gasteiger partial charge in [0.2, 0.25) is 15.9 Å². The van der Waals surface area contributed by atoms with Crippen LogP contribution < -0.4 is 10.0 Å². The summed E-state index contributed by atoms with van der Waals surface area (Å²) in [5.41, 5.74) is 1.56. The highest BCUT2D eigenvalue weighted by Gasteiger charge is 2.29. The number of carbonyl (C=O) groups is 1. The topological polar surface area (TPSA) is 75.3 Å². The molecule has 1 fully saturated rings. The zero-order valence-electron chi connectivity index (χ0n) is 10.9. The fraction of sp³-hybridized carbons (Fsp3) is 0.462. The first-order chi connectivity index (χ1) is 9.50. The normalized spacial score (nSPS) is 15.1. The van der Waals surface area contributed by atoms with Gasteiger partial charge in [-0.3, -0.25) is 4.79 Å². The van der Waals surface area contributed by atoms with E-state index in [0.29, 0.717) is 0 Å². The molecule has 1 aromatic carbocycles. The lowest BCUT2D eigenvalue weighted by atomic mass is 10.2. The second kappa shape index (κ2) is 6.56. The third-order valence-electron chi connectivity index (χ3n) is 3.01. The molecule has 0 radical (unpaired) electrons. The number of halogens is 1. The van der Waals surface area contributed by atoms with E-state index in [1.807, 2.05) is 0 Å². The van der Waals surface area contributed by atoms with Crippen LogP contribution in [0.2, 0.25) is 0 Å². The summed E-state index contributed by atoms with van der Waals surface area (Å²) in [4.78, 5) is 11.6. The Morgan fingerprint density at radius 2 is 1.90 bits per heavy atom. The predicted octanol–water partition coefficient (Wildman–Crippen LogP) is 1.69. The molecule has 110 valence electrons. The number of rotatable bonds is 7. The molecule has 1 saturated carbocycles. The predicted molar refractivity (Wildman–Crippen MR) is 79.1 cm³/mol. The molecule has 0 spiro atoms. The molecule has 0 aromatic heterocycles. The number of nitrogens with one attached hydrogen (secondary N) is 2. The lowest BCUT2D eigenvalue weighted by Gasteiger charge is -2.07. The maximum atomic E-state index is 11.6. The summed E-state index contributed by atoms with van der Waals surface area (Å²) in [5.74, 6) is 0.198. The Hall–Kier alpha value is -1.11. The lowest BCUT2D eigenvalue weighted by Crippen LogP contribution is -2.26. The molecule has 0 saturated heterocycles. The standard InChI is InChI=1S/C13H17ClN2O3S/c14-7-8-20(18,19)15-9-10-1-5-12(6-2-10)16-13(17)11-3-4-11/h1-2,5-6,11,15H,3-4,7-9H2,(H,16,17). The summed E-state index contributed by atoms with van der Waals surface area (Å²) in [6.45, 7) is 0.218. The molecule has 0 unspecified atom stereocenters. The van der Waals surface area contributed by atoms with Crippen molar-refractivity contribution in [1.82, 2.24) is 4.72 Å². The van der Waals surface area contributed by atoms with E-state index in [-0.39, 0.29) is 30.0 Å². The van der Waals surface area contributed by atoms with Gasteiger partial charge in [0.25, 0.3) is 0 Å². The Bertz CT molecular complexity index is 568. The molecule has 2 N–H and O–H groups in total. The average molecular weight is 317 g/mol. The maximum Gasteiger partial charge on any atom is 0.227 e. The molecule has 5 nitrogen and oxygen atoms in total. The first-order valence-electron chi connectivity index (χ1n) is 6.43. The smallest absolute Gasteiger partial charge is 0.227 e. The lowest BCUT2D eigenvalue weighted by molar-refractivity contribution is -0.117. The number of alkyl halides is 1. The highest BCUT2D eigenvalue weighted by atomic mass is 35.5. The first kappa shape index (κ1) is 15.3. The molecular weight excluding hydrogens is 300 g/mol. The van der Waals surface area contributed by atoms with Crippen LogP contribution in [-0.4, -0.2) is 26.0 Å². The second-order valence-electron chi connectivity index (χ2n) is 4.79. The van der Waals surface area contributed by atoms with Crippen LogP contribution >= 0.6 is 11.6 Å². The molecule has 0 bridgehead atoms. The van der Waals surface area contributed by atoms with Crippen LogP contribution in [0.15, 0.2) is 24.3 Å². The molecule has 1 aliphatic carbocycles. The fourth-order valence-electron chi connectivity index (χ4n) is 1.66. The van der Waals surface area contributed by atoms with E-state index in [1.165, 1.54) is 0 Å². The highest BCUT2D eigenvalue weighted by Crippen LogP contribution is 2.30. The summed E-state index contributed by atoms with van der Waals surface area (Å²) in [7, 11) is -3.31. The van der Waals surface area contributed by atoms with Gasteiger partial charge in [-0.05, 0) is 30.5 Å². The van der Waals surface area contributed by atoms with Gasteiger partial charge in [0.1, 0.15) is 0 Å². The van der Waals surface area contributed by atoms with Crippen LogP contribution in [0.5, 0.6) is 0 Å². The monoisotopic (exact) mass is 316 g/mol. The van der Waals surface area contributed by atoms with Crippen molar-refractivity contribution in [2.45, 2.75) is 19.4 Å². The van der Waals surface area contributed by atoms with Gasteiger partial charge < -0.3 is 5.32 Å². The van der Waals surface area contributed by atoms with Gasteiger partial charge >= 0.3 is 0 Å². The molecule has 1 aliphatic rings. The van der Waals surface area contributed by atoms with Gasteiger partial charge in [-0.15, -0.1) is 11.6 Å². The number of sulfonamides is 1. The number of hydrogen-bond acceptors (Lipinski definition) is 3. The van der Waals surface area contributed by atoms with Crippen LogP contribution in [0.1, 0.15) is 18.4 Å². The molecule has 20 heavy (non-hydrogen) atoms. The van der Waals surface area contributed by atoms with Gasteiger partial charge in [-0.25, -0.2) is 13.1 Å². The van der Waals surface area contributed by atoms with Crippen molar-refractivity contribution in [3.8, 4) is 0 Å². The molecule has 7 heteroatoms. The second-order valence-corrected chi connectivity index (χ2v) is 7.09. The average Bonchev–Trinajstić information content (AvgIpc) is 3.22. The molecular formula is C13H17ClN2O3S. The van der Waals surface area contributed by atoms with Crippen LogP contribution in [0.3, 0.4) is 0 Å². The van der Waals surface area contributed by atoms with Crippen molar-refractivity contribution in [2.75, 3.05) is 16.9 Å². The molecule has 1 aromatic rings. The minimum atomic E-state index is -3.31. The van der Waals surface area contributed by atoms with E-state index >= 15 is 0 Å². The first-order valence-corrected chi connectivity index (χ1v) is 8.62. The minimum absolute atomic E-state index is 0.0561. The molecule has 2 rings (SSSR count). The van der Waals surface area contributed by atoms with Crippen molar-refractivity contribution >= 4 is 33.2 Å². The molecule has 0 atom stereocenters. The van der Waals surface area contributed by atoms with Gasteiger partial charge in [0.05, 0.1) is 5.75 Å². The summed E-state index contributed by atoms with van der Waals surface area (Å²) in [6, 6.07) is 7.11. The third kappa shape index (κ3) is 4.77. The van der Waals surface area contributed by atoms with Crippen molar-refractivity contribution in [2.24, 2.45) is 5.92 Å². The van der Waals surface area contributed by atoms with E-state index in [2.05, 4.69) is 10.0 Å². The fourth-order valence-corrected chi connectivity index (χ4v) is 3.01. The Labute approximate surface area is 123 Å². The molecule has 0 aliphatic heterocycles. The van der Waals surface area contributed by atoms with Crippen LogP contribution in [0.4, 0.5) is 5.69 Å². The van der Waals surface area contributed by atoms with Gasteiger partial charge in [-0.1, -0.05) is 12.1 Å². The summed E-state index contributed by atoms with van der Waals surface area (Å²) in [5, 5.41) is 2.83. The Kier molecular flexibility index (Phi) is 5.01. The molecule has 1 amide bonds. The number of hydrogen-bond donors (Lipinski definition) is 2. The zero-order valence-corrected chi connectivity index (χ0v) is 12.5. The summed E-state index contributed by atoms with van der Waals surface area (Å²) >= 11 is 5.41. The van der Waals surface area contributed by atoms with Crippen LogP contribution in [0.25, 0.3) is 0 Å². The highest BCUT2D eigenvalue weighted by molar-refractivity contribution is 7.89. The van der Waals surface area contributed by atoms with E-state index in [4.69, 9.17) is 11.6 Å². The number of amides is 1. The van der Waals surface area contributed by atoms with Crippen LogP contribution in [-0.2, 0) is 21.4 Å². The van der Waals surface area contributed by atoms with Crippen LogP contribution in [0, 0.1) is 5.92 Å².